The molecule has 0 aliphatic carbocycles. The van der Waals surface area contributed by atoms with Crippen LogP contribution >= 0.6 is 0 Å². The second-order valence-electron chi connectivity index (χ2n) is 2.55. The maximum atomic E-state index is 10.9. The van der Waals surface area contributed by atoms with E-state index < -0.39 is 15.9 Å². The first kappa shape index (κ1) is 14.9. The summed E-state index contributed by atoms with van der Waals surface area (Å²) in [6.07, 6.45) is 1.61. The van der Waals surface area contributed by atoms with Crippen LogP contribution in [0.5, 0.6) is 0 Å². The Morgan fingerprint density at radius 1 is 1.46 bits per heavy atom. The maximum Gasteiger partial charge on any atom is 0.236 e. The van der Waals surface area contributed by atoms with Crippen LogP contribution in [0.3, 0.4) is 0 Å². The van der Waals surface area contributed by atoms with Crippen molar-refractivity contribution in [2.45, 2.75) is 34.1 Å². The molecule has 0 fully saturated rings. The summed E-state index contributed by atoms with van der Waals surface area (Å²) in [4.78, 5) is 10.9. The Bertz CT molecular complexity index is 239. The van der Waals surface area contributed by atoms with Gasteiger partial charge in [0.25, 0.3) is 0 Å². The van der Waals surface area contributed by atoms with Crippen molar-refractivity contribution in [1.29, 1.82) is 0 Å². The molecule has 0 heterocycles. The number of sulfonamides is 1. The molecule has 0 spiro atoms. The smallest absolute Gasteiger partial charge is 0.236 e. The standard InChI is InChI=1S/C6H13NO3S.C2H6.H2/c1-4-5(2)6(8)7-11(3,9)10;1-2;/h5H,4H2,1-3H3,(H,7,8);1-2H3;1H/t5-;;/m1../s1. The van der Waals surface area contributed by atoms with E-state index in [1.165, 1.54) is 0 Å². The molecule has 1 atom stereocenters. The SMILES string of the molecule is CC.CC[C@@H](C)C(=O)NS(C)(=O)=O.[HH]. The van der Waals surface area contributed by atoms with Crippen molar-refractivity contribution in [3.63, 3.8) is 0 Å². The van der Waals surface area contributed by atoms with Gasteiger partial charge in [-0.1, -0.05) is 27.7 Å². The summed E-state index contributed by atoms with van der Waals surface area (Å²) in [6.45, 7) is 7.51. The van der Waals surface area contributed by atoms with E-state index in [9.17, 15) is 13.2 Å². The van der Waals surface area contributed by atoms with Gasteiger partial charge in [0, 0.05) is 7.34 Å². The fraction of sp³-hybridized carbons (Fsp3) is 0.875. The summed E-state index contributed by atoms with van der Waals surface area (Å²) in [5.41, 5.74) is 0. The highest BCUT2D eigenvalue weighted by Gasteiger charge is 2.13. The summed E-state index contributed by atoms with van der Waals surface area (Å²) < 4.78 is 23.0. The predicted molar refractivity (Wildman–Crippen MR) is 55.9 cm³/mol. The van der Waals surface area contributed by atoms with Gasteiger partial charge in [0.05, 0.1) is 6.26 Å². The highest BCUT2D eigenvalue weighted by Crippen LogP contribution is 1.99. The molecule has 4 nitrogen and oxygen atoms in total. The van der Waals surface area contributed by atoms with Crippen LogP contribution < -0.4 is 4.72 Å². The van der Waals surface area contributed by atoms with E-state index in [-0.39, 0.29) is 7.34 Å². The molecule has 82 valence electrons. The fourth-order valence-electron chi connectivity index (χ4n) is 0.469. The van der Waals surface area contributed by atoms with Crippen molar-refractivity contribution in [2.24, 2.45) is 5.92 Å². The zero-order valence-electron chi connectivity index (χ0n) is 8.92. The van der Waals surface area contributed by atoms with Crippen molar-refractivity contribution >= 4 is 15.9 Å². The zero-order valence-corrected chi connectivity index (χ0v) is 9.73. The molecule has 1 amide bonds. The number of nitrogens with one attached hydrogen (secondary N) is 1. The normalized spacial score (nSPS) is 12.4. The number of hydrogen-bond acceptors (Lipinski definition) is 3. The Hall–Kier alpha value is -0.580. The molecule has 0 aliphatic rings. The molecule has 0 aromatic carbocycles. The van der Waals surface area contributed by atoms with Crippen LogP contribution in [0.4, 0.5) is 0 Å². The third-order valence-electron chi connectivity index (χ3n) is 1.35. The van der Waals surface area contributed by atoms with Gasteiger partial charge in [-0.2, -0.15) is 0 Å². The Balaban J connectivity index is -0.000000376. The lowest BCUT2D eigenvalue weighted by Crippen LogP contribution is -2.33. The largest absolute Gasteiger partial charge is 0.274 e. The van der Waals surface area contributed by atoms with Gasteiger partial charge < -0.3 is 0 Å². The van der Waals surface area contributed by atoms with Crippen molar-refractivity contribution in [2.75, 3.05) is 6.26 Å². The Labute approximate surface area is 82.3 Å². The van der Waals surface area contributed by atoms with Crippen molar-refractivity contribution in [1.82, 2.24) is 4.72 Å². The predicted octanol–water partition coefficient (Wildman–Crippen LogP) is 1.38. The number of amides is 1. The van der Waals surface area contributed by atoms with Gasteiger partial charge >= 0.3 is 0 Å². The first-order valence-electron chi connectivity index (χ1n) is 4.38. The van der Waals surface area contributed by atoms with E-state index in [4.69, 9.17) is 0 Å². The average Bonchev–Trinajstić information content (AvgIpc) is 2.03. The highest BCUT2D eigenvalue weighted by molar-refractivity contribution is 7.89. The van der Waals surface area contributed by atoms with Gasteiger partial charge in [-0.05, 0) is 6.42 Å². The third kappa shape index (κ3) is 9.33. The highest BCUT2D eigenvalue weighted by atomic mass is 32.2. The Morgan fingerprint density at radius 2 is 1.85 bits per heavy atom. The third-order valence-corrected chi connectivity index (χ3v) is 1.92. The van der Waals surface area contributed by atoms with Crippen LogP contribution in [0.25, 0.3) is 0 Å². The monoisotopic (exact) mass is 211 g/mol. The van der Waals surface area contributed by atoms with E-state index in [0.717, 1.165) is 6.26 Å². The minimum Gasteiger partial charge on any atom is -0.274 e. The molecule has 0 bridgehead atoms. The van der Waals surface area contributed by atoms with E-state index >= 15 is 0 Å². The zero-order chi connectivity index (χ0) is 11.1. The first-order valence-corrected chi connectivity index (χ1v) is 6.27. The summed E-state index contributed by atoms with van der Waals surface area (Å²) in [5.74, 6) is -0.681. The molecular formula is C8H21NO3S. The van der Waals surface area contributed by atoms with Gasteiger partial charge in [-0.15, -0.1) is 0 Å². The molecular weight excluding hydrogens is 190 g/mol. The van der Waals surface area contributed by atoms with Crippen LogP contribution in [0.1, 0.15) is 35.5 Å². The summed E-state index contributed by atoms with van der Waals surface area (Å²) in [7, 11) is -3.38. The summed E-state index contributed by atoms with van der Waals surface area (Å²) in [6, 6.07) is 0. The molecule has 0 aromatic rings. The number of carbonyl (C=O) groups excluding carboxylic acids is 1. The molecule has 0 radical (unpaired) electrons. The minimum atomic E-state index is -3.38. The van der Waals surface area contributed by atoms with E-state index in [1.807, 2.05) is 25.5 Å². The molecule has 5 heteroatoms. The lowest BCUT2D eigenvalue weighted by molar-refractivity contribution is -0.122. The van der Waals surface area contributed by atoms with Gasteiger partial charge in [-0.3, -0.25) is 9.52 Å². The van der Waals surface area contributed by atoms with Gasteiger partial charge in [0.1, 0.15) is 0 Å². The van der Waals surface area contributed by atoms with Crippen LogP contribution in [0, 0.1) is 5.92 Å². The molecule has 0 saturated heterocycles. The molecule has 0 aromatic heterocycles. The first-order chi connectivity index (χ1) is 5.87. The van der Waals surface area contributed by atoms with E-state index in [1.54, 1.807) is 6.92 Å². The molecule has 0 aliphatic heterocycles. The number of rotatable bonds is 3. The summed E-state index contributed by atoms with van der Waals surface area (Å²) >= 11 is 0. The summed E-state index contributed by atoms with van der Waals surface area (Å²) in [5, 5.41) is 0. The molecule has 1 N–H and O–H groups in total. The Morgan fingerprint density at radius 3 is 2.08 bits per heavy atom. The second-order valence-corrected chi connectivity index (χ2v) is 4.30. The van der Waals surface area contributed by atoms with Crippen molar-refractivity contribution in [3.8, 4) is 0 Å². The number of hydrogen-bond donors (Lipinski definition) is 1. The molecule has 0 unspecified atom stereocenters. The lowest BCUT2D eigenvalue weighted by atomic mass is 10.1. The topological polar surface area (TPSA) is 63.2 Å². The van der Waals surface area contributed by atoms with Crippen LogP contribution in [0.15, 0.2) is 0 Å². The quantitative estimate of drug-likeness (QED) is 0.767. The van der Waals surface area contributed by atoms with Gasteiger partial charge in [-0.25, -0.2) is 8.42 Å². The average molecular weight is 211 g/mol. The van der Waals surface area contributed by atoms with Crippen molar-refractivity contribution < 1.29 is 14.6 Å². The lowest BCUT2D eigenvalue weighted by Gasteiger charge is -2.06. The Kier molecular flexibility index (Phi) is 7.90. The second kappa shape index (κ2) is 6.88. The fourth-order valence-corrected chi connectivity index (χ4v) is 1.04. The minimum absolute atomic E-state index is 0. The molecule has 0 rings (SSSR count). The van der Waals surface area contributed by atoms with Crippen molar-refractivity contribution in [3.05, 3.63) is 0 Å². The van der Waals surface area contributed by atoms with Crippen LogP contribution in [0.2, 0.25) is 0 Å². The number of carbonyl (C=O) groups is 1. The van der Waals surface area contributed by atoms with Gasteiger partial charge in [0.2, 0.25) is 15.9 Å². The van der Waals surface area contributed by atoms with Gasteiger partial charge in [0.15, 0.2) is 0 Å². The van der Waals surface area contributed by atoms with Crippen LogP contribution in [-0.4, -0.2) is 20.6 Å². The molecule has 0 saturated carbocycles. The van der Waals surface area contributed by atoms with Crippen LogP contribution in [-0.2, 0) is 14.8 Å². The van der Waals surface area contributed by atoms with E-state index in [0.29, 0.717) is 6.42 Å². The molecule has 13 heavy (non-hydrogen) atoms. The van der Waals surface area contributed by atoms with E-state index in [2.05, 4.69) is 0 Å². The maximum absolute atomic E-state index is 10.9.